The third-order valence-electron chi connectivity index (χ3n) is 9.86. The van der Waals surface area contributed by atoms with Gasteiger partial charge in [0.15, 0.2) is 0 Å². The molecule has 0 aliphatic heterocycles. The lowest BCUT2D eigenvalue weighted by molar-refractivity contribution is -0.940. The molecule has 8 nitrogen and oxygen atoms in total. The van der Waals surface area contributed by atoms with Gasteiger partial charge in [0, 0.05) is 23.7 Å². The molecule has 0 saturated heterocycles. The minimum absolute atomic E-state index is 0.383. The first-order valence-corrected chi connectivity index (χ1v) is 21.4. The Labute approximate surface area is 273 Å². The second kappa shape index (κ2) is 24.4. The van der Waals surface area contributed by atoms with Crippen LogP contribution < -0.4 is 0 Å². The van der Waals surface area contributed by atoms with Crippen molar-refractivity contribution in [1.82, 2.24) is 0 Å². The monoisotopic (exact) mass is 673 g/mol. The van der Waals surface area contributed by atoms with E-state index < -0.39 is 20.3 Å². The summed E-state index contributed by atoms with van der Waals surface area (Å²) in [6.45, 7) is 25.7. The Kier molecular flexibility index (Phi) is 25.7. The molecule has 0 radical (unpaired) electrons. The third-order valence-corrected chi connectivity index (χ3v) is 13.6. The predicted molar refractivity (Wildman–Crippen MR) is 188 cm³/mol. The van der Waals surface area contributed by atoms with E-state index in [1.807, 2.05) is 0 Å². The Morgan fingerprint density at radius 1 is 0.500 bits per heavy atom. The highest BCUT2D eigenvalue weighted by Crippen LogP contribution is 2.66. The van der Waals surface area contributed by atoms with Crippen molar-refractivity contribution in [2.45, 2.75) is 170 Å². The summed E-state index contributed by atoms with van der Waals surface area (Å²) in [6.07, 6.45) is 22.4. The lowest BCUT2D eigenvalue weighted by atomic mass is 9.88. The highest BCUT2D eigenvalue weighted by atomic mass is 31.2. The molecular formula is C34H76NO7P2+. The van der Waals surface area contributed by atoms with E-state index in [1.165, 1.54) is 133 Å². The number of unbranched alkanes of at least 4 members (excludes halogenated alkanes) is 4. The topological polar surface area (TPSA) is 135 Å². The summed E-state index contributed by atoms with van der Waals surface area (Å²) in [5.74, 6) is 3.67. The average molecular weight is 673 g/mol. The summed E-state index contributed by atoms with van der Waals surface area (Å²) in [7, 11) is -10.4. The molecule has 0 aliphatic carbocycles. The van der Waals surface area contributed by atoms with Crippen LogP contribution in [0.15, 0.2) is 0 Å². The Morgan fingerprint density at radius 2 is 0.705 bits per heavy atom. The second-order valence-corrected chi connectivity index (χ2v) is 18.1. The molecule has 0 aliphatic rings. The van der Waals surface area contributed by atoms with Gasteiger partial charge in [-0.05, 0) is 58.3 Å². The maximum absolute atomic E-state index is 10.3. The molecule has 0 heterocycles. The van der Waals surface area contributed by atoms with Gasteiger partial charge in [0.1, 0.15) is 0 Å². The van der Waals surface area contributed by atoms with Crippen LogP contribution in [0.2, 0.25) is 0 Å². The fraction of sp³-hybridized carbons (Fsp3) is 1.00. The van der Waals surface area contributed by atoms with E-state index in [9.17, 15) is 9.13 Å². The summed E-state index contributed by atoms with van der Waals surface area (Å²) < 4.78 is 22.0. The zero-order valence-electron chi connectivity index (χ0n) is 30.3. The van der Waals surface area contributed by atoms with Crippen molar-refractivity contribution in [1.29, 1.82) is 0 Å². The molecule has 0 bridgehead atoms. The molecular weight excluding hydrogens is 596 g/mol. The van der Waals surface area contributed by atoms with Gasteiger partial charge in [0.05, 0.1) is 26.2 Å². The van der Waals surface area contributed by atoms with Crippen molar-refractivity contribution in [3.63, 3.8) is 0 Å². The standard InChI is InChI=1S/C32H68N.C2H8O7P2/c1-9-17-21-29(13-5)25-33(26-30(14-6)22-18-10-2,27-31(15-7)23-19-11-3)28-32(16-8)24-20-12-4;1-2(3,10(4,5)6)11(7,8)9/h29-32H,9-28H2,1-8H3;3H,1H3,(H2,4,5,6)(H2,7,8,9)/q+1;. The van der Waals surface area contributed by atoms with Gasteiger partial charge >= 0.3 is 15.2 Å². The van der Waals surface area contributed by atoms with E-state index in [1.54, 1.807) is 0 Å². The van der Waals surface area contributed by atoms with Crippen LogP contribution in [-0.2, 0) is 9.13 Å². The van der Waals surface area contributed by atoms with Gasteiger partial charge in [-0.15, -0.1) is 0 Å². The highest BCUT2D eigenvalue weighted by Gasteiger charge is 2.55. The zero-order valence-corrected chi connectivity index (χ0v) is 32.1. The van der Waals surface area contributed by atoms with Crippen molar-refractivity contribution >= 4 is 15.2 Å². The highest BCUT2D eigenvalue weighted by molar-refractivity contribution is 7.71. The Morgan fingerprint density at radius 3 is 0.818 bits per heavy atom. The van der Waals surface area contributed by atoms with E-state index in [4.69, 9.17) is 24.7 Å². The Balaban J connectivity index is 0. The summed E-state index contributed by atoms with van der Waals surface area (Å²) in [4.78, 5) is 33.0. The van der Waals surface area contributed by atoms with Crippen molar-refractivity contribution in [2.75, 3.05) is 26.2 Å². The van der Waals surface area contributed by atoms with Crippen LogP contribution in [0.5, 0.6) is 0 Å². The van der Waals surface area contributed by atoms with Crippen LogP contribution in [0.4, 0.5) is 0 Å². The van der Waals surface area contributed by atoms with Crippen molar-refractivity contribution < 1.29 is 38.3 Å². The number of rotatable bonds is 26. The van der Waals surface area contributed by atoms with Gasteiger partial charge in [0.25, 0.3) is 5.08 Å². The van der Waals surface area contributed by atoms with Crippen LogP contribution in [0.25, 0.3) is 0 Å². The minimum Gasteiger partial charge on any atom is -0.368 e. The first-order valence-electron chi connectivity index (χ1n) is 18.2. The largest absolute Gasteiger partial charge is 0.369 e. The molecule has 0 rings (SSSR count). The Hall–Kier alpha value is 0.220. The molecule has 0 aromatic heterocycles. The third kappa shape index (κ3) is 18.5. The Bertz CT molecular complexity index is 682. The van der Waals surface area contributed by atoms with Crippen LogP contribution in [-0.4, -0.2) is 60.4 Å². The molecule has 4 atom stereocenters. The fourth-order valence-electron chi connectivity index (χ4n) is 6.48. The summed E-state index contributed by atoms with van der Waals surface area (Å²) in [6, 6.07) is 0. The predicted octanol–water partition coefficient (Wildman–Crippen LogP) is 9.68. The van der Waals surface area contributed by atoms with E-state index in [0.29, 0.717) is 6.92 Å². The molecule has 44 heavy (non-hydrogen) atoms. The molecule has 10 heteroatoms. The normalized spacial score (nSPS) is 16.9. The first-order chi connectivity index (χ1) is 20.5. The number of hydrogen-bond acceptors (Lipinski definition) is 3. The smallest absolute Gasteiger partial charge is 0.368 e. The van der Waals surface area contributed by atoms with Crippen LogP contribution in [0.1, 0.15) is 165 Å². The second-order valence-electron chi connectivity index (χ2n) is 13.8. The average Bonchev–Trinajstić information content (AvgIpc) is 2.96. The molecule has 268 valence electrons. The van der Waals surface area contributed by atoms with E-state index >= 15 is 0 Å². The summed E-state index contributed by atoms with van der Waals surface area (Å²) >= 11 is 0. The molecule has 0 spiro atoms. The number of quaternary nitrogens is 1. The van der Waals surface area contributed by atoms with E-state index in [-0.39, 0.29) is 0 Å². The van der Waals surface area contributed by atoms with Crippen molar-refractivity contribution in [3.8, 4) is 0 Å². The van der Waals surface area contributed by atoms with Crippen molar-refractivity contribution in [3.05, 3.63) is 0 Å². The molecule has 0 amide bonds. The van der Waals surface area contributed by atoms with Crippen LogP contribution >= 0.6 is 15.2 Å². The molecule has 0 aromatic carbocycles. The van der Waals surface area contributed by atoms with Crippen molar-refractivity contribution in [2.24, 2.45) is 23.7 Å². The van der Waals surface area contributed by atoms with E-state index in [2.05, 4.69) is 55.4 Å². The quantitative estimate of drug-likeness (QED) is 0.0456. The molecule has 0 saturated carbocycles. The zero-order chi connectivity index (χ0) is 34.5. The first kappa shape index (κ1) is 46.3. The molecule has 4 unspecified atom stereocenters. The van der Waals surface area contributed by atoms with Gasteiger partial charge < -0.3 is 29.2 Å². The maximum Gasteiger partial charge on any atom is 0.369 e. The number of nitrogens with zero attached hydrogens (tertiary/aromatic N) is 1. The maximum atomic E-state index is 10.3. The fourth-order valence-corrected chi connectivity index (χ4v) is 7.83. The SMILES string of the molecule is CC(O)(P(=O)(O)O)P(=O)(O)O.CCCCC(CC)C[N+](CC(CC)CCCC)(CC(CC)CCCC)CC(CC)CCCC. The number of aliphatic hydroxyl groups is 1. The van der Waals surface area contributed by atoms with Gasteiger partial charge in [-0.3, -0.25) is 9.13 Å². The number of hydrogen-bond donors (Lipinski definition) is 5. The van der Waals surface area contributed by atoms with Gasteiger partial charge in [-0.25, -0.2) is 0 Å². The van der Waals surface area contributed by atoms with Crippen LogP contribution in [0, 0.1) is 23.7 Å². The van der Waals surface area contributed by atoms with Gasteiger partial charge in [0.2, 0.25) is 0 Å². The summed E-state index contributed by atoms with van der Waals surface area (Å²) in [5.41, 5.74) is 0. The van der Waals surface area contributed by atoms with Gasteiger partial charge in [-0.1, -0.05) is 107 Å². The van der Waals surface area contributed by atoms with E-state index in [0.717, 1.165) is 23.7 Å². The lowest BCUT2D eigenvalue weighted by Crippen LogP contribution is -2.57. The molecule has 0 fully saturated rings. The summed E-state index contributed by atoms with van der Waals surface area (Å²) in [5, 5.41) is 5.37. The minimum atomic E-state index is -5.20. The molecule has 0 aromatic rings. The van der Waals surface area contributed by atoms with Gasteiger partial charge in [-0.2, -0.15) is 0 Å². The van der Waals surface area contributed by atoms with Crippen LogP contribution in [0.3, 0.4) is 0 Å². The molecule has 5 N–H and O–H groups in total. The lowest BCUT2D eigenvalue weighted by Gasteiger charge is -2.47.